The molecule has 3 rings (SSSR count). The molecule has 27 heavy (non-hydrogen) atoms. The molecule has 4 heteroatoms. The second kappa shape index (κ2) is 8.90. The number of ether oxygens (including phenoxy) is 2. The van der Waals surface area contributed by atoms with Crippen molar-refractivity contribution in [3.63, 3.8) is 0 Å². The quantitative estimate of drug-likeness (QED) is 0.646. The van der Waals surface area contributed by atoms with Crippen molar-refractivity contribution in [2.24, 2.45) is 0 Å². The minimum Gasteiger partial charge on any atom is -0.489 e. The zero-order valence-electron chi connectivity index (χ0n) is 15.5. The Morgan fingerprint density at radius 3 is 2.37 bits per heavy atom. The van der Waals surface area contributed by atoms with E-state index in [1.54, 1.807) is 6.92 Å². The van der Waals surface area contributed by atoms with Crippen molar-refractivity contribution in [3.05, 3.63) is 90.0 Å². The molecule has 1 N–H and O–H groups in total. The topological polar surface area (TPSA) is 47.6 Å². The van der Waals surface area contributed by atoms with Crippen LogP contribution in [-0.4, -0.2) is 12.0 Å². The molecule has 0 unspecified atom stereocenters. The molecule has 1 amide bonds. The molecule has 0 aliphatic heterocycles. The molecule has 138 valence electrons. The average molecular weight is 361 g/mol. The van der Waals surface area contributed by atoms with Crippen LogP contribution in [0.25, 0.3) is 0 Å². The van der Waals surface area contributed by atoms with E-state index in [0.29, 0.717) is 18.0 Å². The summed E-state index contributed by atoms with van der Waals surface area (Å²) in [7, 11) is 0. The number of hydrogen-bond acceptors (Lipinski definition) is 3. The van der Waals surface area contributed by atoms with Gasteiger partial charge in [0, 0.05) is 5.69 Å². The van der Waals surface area contributed by atoms with E-state index in [-0.39, 0.29) is 5.91 Å². The third-order valence-corrected chi connectivity index (χ3v) is 4.04. The molecular weight excluding hydrogens is 338 g/mol. The first-order chi connectivity index (χ1) is 13.1. The highest BCUT2D eigenvalue weighted by Gasteiger charge is 2.15. The standard InChI is InChI=1S/C23H23NO3/c1-17-7-6-10-22(15-17)27-18(2)23(25)24-20-11-13-21(14-12-20)26-16-19-8-4-3-5-9-19/h3-15,18H,16H2,1-2H3,(H,24,25)/t18-/m0/s1. The maximum Gasteiger partial charge on any atom is 0.265 e. The lowest BCUT2D eigenvalue weighted by Gasteiger charge is -2.15. The van der Waals surface area contributed by atoms with Crippen LogP contribution in [0.3, 0.4) is 0 Å². The lowest BCUT2D eigenvalue weighted by molar-refractivity contribution is -0.122. The van der Waals surface area contributed by atoms with E-state index in [4.69, 9.17) is 9.47 Å². The predicted molar refractivity (Wildman–Crippen MR) is 107 cm³/mol. The number of amides is 1. The lowest BCUT2D eigenvalue weighted by atomic mass is 10.2. The molecule has 0 bridgehead atoms. The number of rotatable bonds is 7. The SMILES string of the molecule is Cc1cccc(O[C@@H](C)C(=O)Nc2ccc(OCc3ccccc3)cc2)c1. The van der Waals surface area contributed by atoms with Crippen LogP contribution in [0.2, 0.25) is 0 Å². The molecule has 3 aromatic rings. The molecule has 0 spiro atoms. The van der Waals surface area contributed by atoms with Crippen LogP contribution in [0.1, 0.15) is 18.1 Å². The molecule has 0 radical (unpaired) electrons. The first-order valence-electron chi connectivity index (χ1n) is 8.91. The van der Waals surface area contributed by atoms with Gasteiger partial charge < -0.3 is 14.8 Å². The first kappa shape index (κ1) is 18.5. The number of nitrogens with one attached hydrogen (secondary N) is 1. The first-order valence-corrected chi connectivity index (χ1v) is 8.91. The monoisotopic (exact) mass is 361 g/mol. The smallest absolute Gasteiger partial charge is 0.265 e. The van der Waals surface area contributed by atoms with Gasteiger partial charge in [-0.25, -0.2) is 0 Å². The number of carbonyl (C=O) groups is 1. The summed E-state index contributed by atoms with van der Waals surface area (Å²) >= 11 is 0. The molecule has 0 fully saturated rings. The van der Waals surface area contributed by atoms with Gasteiger partial charge in [-0.05, 0) is 61.4 Å². The summed E-state index contributed by atoms with van der Waals surface area (Å²) in [5, 5.41) is 2.86. The summed E-state index contributed by atoms with van der Waals surface area (Å²) in [5.74, 6) is 1.23. The van der Waals surface area contributed by atoms with E-state index >= 15 is 0 Å². The van der Waals surface area contributed by atoms with Crippen molar-refractivity contribution in [1.29, 1.82) is 0 Å². The van der Waals surface area contributed by atoms with E-state index in [1.165, 1.54) is 0 Å². The summed E-state index contributed by atoms with van der Waals surface area (Å²) in [5.41, 5.74) is 2.90. The number of anilines is 1. The lowest BCUT2D eigenvalue weighted by Crippen LogP contribution is -2.30. The van der Waals surface area contributed by atoms with Gasteiger partial charge in [-0.3, -0.25) is 4.79 Å². The fraction of sp³-hybridized carbons (Fsp3) is 0.174. The van der Waals surface area contributed by atoms with E-state index in [1.807, 2.05) is 85.8 Å². The second-order valence-corrected chi connectivity index (χ2v) is 6.36. The predicted octanol–water partition coefficient (Wildman–Crippen LogP) is 4.98. The highest BCUT2D eigenvalue weighted by atomic mass is 16.5. The van der Waals surface area contributed by atoms with E-state index in [2.05, 4.69) is 5.32 Å². The van der Waals surface area contributed by atoms with Gasteiger partial charge >= 0.3 is 0 Å². The summed E-state index contributed by atoms with van der Waals surface area (Å²) in [6, 6.07) is 24.9. The number of benzene rings is 3. The van der Waals surface area contributed by atoms with E-state index in [9.17, 15) is 4.79 Å². The Labute approximate surface area is 159 Å². The number of hydrogen-bond donors (Lipinski definition) is 1. The molecule has 0 aliphatic rings. The molecule has 0 saturated carbocycles. The Bertz CT molecular complexity index is 876. The van der Waals surface area contributed by atoms with Gasteiger partial charge in [0.15, 0.2) is 6.10 Å². The second-order valence-electron chi connectivity index (χ2n) is 6.36. The van der Waals surface area contributed by atoms with Crippen molar-refractivity contribution >= 4 is 11.6 Å². The normalized spacial score (nSPS) is 11.5. The van der Waals surface area contributed by atoms with Gasteiger partial charge in [0.05, 0.1) is 0 Å². The highest BCUT2D eigenvalue weighted by Crippen LogP contribution is 2.18. The van der Waals surface area contributed by atoms with Crippen molar-refractivity contribution in [2.45, 2.75) is 26.6 Å². The largest absolute Gasteiger partial charge is 0.489 e. The van der Waals surface area contributed by atoms with Gasteiger partial charge in [0.2, 0.25) is 0 Å². The van der Waals surface area contributed by atoms with Crippen molar-refractivity contribution in [2.75, 3.05) is 5.32 Å². The van der Waals surface area contributed by atoms with Gasteiger partial charge in [-0.15, -0.1) is 0 Å². The van der Waals surface area contributed by atoms with Gasteiger partial charge in [0.25, 0.3) is 5.91 Å². The Morgan fingerprint density at radius 2 is 1.67 bits per heavy atom. The molecule has 0 aromatic heterocycles. The summed E-state index contributed by atoms with van der Waals surface area (Å²) in [4.78, 5) is 12.3. The van der Waals surface area contributed by atoms with Crippen molar-refractivity contribution in [3.8, 4) is 11.5 Å². The van der Waals surface area contributed by atoms with E-state index in [0.717, 1.165) is 16.9 Å². The molecule has 4 nitrogen and oxygen atoms in total. The van der Waals surface area contributed by atoms with Crippen LogP contribution in [0.4, 0.5) is 5.69 Å². The minimum absolute atomic E-state index is 0.200. The van der Waals surface area contributed by atoms with Crippen molar-refractivity contribution in [1.82, 2.24) is 0 Å². The molecular formula is C23H23NO3. The van der Waals surface area contributed by atoms with Gasteiger partial charge in [-0.2, -0.15) is 0 Å². The van der Waals surface area contributed by atoms with E-state index < -0.39 is 6.10 Å². The zero-order valence-corrected chi connectivity index (χ0v) is 15.5. The van der Waals surface area contributed by atoms with Crippen LogP contribution in [0.15, 0.2) is 78.9 Å². The minimum atomic E-state index is -0.596. The molecule has 0 saturated heterocycles. The highest BCUT2D eigenvalue weighted by molar-refractivity contribution is 5.94. The van der Waals surface area contributed by atoms with Crippen LogP contribution in [0, 0.1) is 6.92 Å². The van der Waals surface area contributed by atoms with Crippen LogP contribution >= 0.6 is 0 Å². The summed E-state index contributed by atoms with van der Waals surface area (Å²) < 4.78 is 11.5. The third kappa shape index (κ3) is 5.61. The van der Waals surface area contributed by atoms with Crippen LogP contribution < -0.4 is 14.8 Å². The number of carbonyl (C=O) groups excluding carboxylic acids is 1. The molecule has 0 aliphatic carbocycles. The Hall–Kier alpha value is -3.27. The molecule has 3 aromatic carbocycles. The maximum atomic E-state index is 12.3. The summed E-state index contributed by atoms with van der Waals surface area (Å²) in [6.45, 7) is 4.22. The average Bonchev–Trinajstić information content (AvgIpc) is 2.68. The van der Waals surface area contributed by atoms with Crippen molar-refractivity contribution < 1.29 is 14.3 Å². The van der Waals surface area contributed by atoms with Gasteiger partial charge in [0.1, 0.15) is 18.1 Å². The van der Waals surface area contributed by atoms with Gasteiger partial charge in [-0.1, -0.05) is 42.5 Å². The fourth-order valence-corrected chi connectivity index (χ4v) is 2.57. The Balaban J connectivity index is 1.51. The Morgan fingerprint density at radius 1 is 0.926 bits per heavy atom. The van der Waals surface area contributed by atoms with Crippen LogP contribution in [-0.2, 0) is 11.4 Å². The van der Waals surface area contributed by atoms with Crippen LogP contribution in [0.5, 0.6) is 11.5 Å². The molecule has 0 heterocycles. The number of aryl methyl sites for hydroxylation is 1. The zero-order chi connectivity index (χ0) is 19.1. The molecule has 1 atom stereocenters. The fourth-order valence-electron chi connectivity index (χ4n) is 2.57. The summed E-state index contributed by atoms with van der Waals surface area (Å²) in [6.07, 6.45) is -0.596. The third-order valence-electron chi connectivity index (χ3n) is 4.04. The Kier molecular flexibility index (Phi) is 6.10. The maximum absolute atomic E-state index is 12.3.